The van der Waals surface area contributed by atoms with E-state index in [4.69, 9.17) is 0 Å². The number of carbonyl (C=O) groups is 2. The van der Waals surface area contributed by atoms with Crippen LogP contribution in [0, 0.1) is 5.82 Å². The Bertz CT molecular complexity index is 683. The number of urea groups is 1. The smallest absolute Gasteiger partial charge is 0.307 e. The van der Waals surface area contributed by atoms with Gasteiger partial charge in [-0.3, -0.25) is 4.79 Å². The number of hydrogen-bond acceptors (Lipinski definition) is 2. The topological polar surface area (TPSA) is 49.4 Å². The normalized spacial score (nSPS) is 13.2. The van der Waals surface area contributed by atoms with Gasteiger partial charge < -0.3 is 5.32 Å². The van der Waals surface area contributed by atoms with Gasteiger partial charge in [-0.1, -0.05) is 18.2 Å². The van der Waals surface area contributed by atoms with Crippen molar-refractivity contribution in [3.8, 4) is 0 Å². The molecule has 0 unspecified atom stereocenters. The van der Waals surface area contributed by atoms with E-state index < -0.39 is 6.03 Å². The molecule has 20 heavy (non-hydrogen) atoms. The van der Waals surface area contributed by atoms with Crippen molar-refractivity contribution in [2.24, 2.45) is 0 Å². The highest BCUT2D eigenvalue weighted by atomic mass is 19.1. The molecule has 4 nitrogen and oxygen atoms in total. The predicted octanol–water partition coefficient (Wildman–Crippen LogP) is 2.95. The van der Waals surface area contributed by atoms with Crippen LogP contribution in [0.3, 0.4) is 0 Å². The minimum absolute atomic E-state index is 0.215. The van der Waals surface area contributed by atoms with E-state index in [1.807, 2.05) is 12.1 Å². The van der Waals surface area contributed by atoms with E-state index in [9.17, 15) is 14.0 Å². The fourth-order valence-electron chi connectivity index (χ4n) is 2.19. The summed E-state index contributed by atoms with van der Waals surface area (Å²) < 4.78 is 12.8. The van der Waals surface area contributed by atoms with Crippen molar-refractivity contribution in [2.75, 3.05) is 10.2 Å². The average molecular weight is 270 g/mol. The predicted molar refractivity (Wildman–Crippen MR) is 73.1 cm³/mol. The molecular formula is C15H11FN2O2. The molecule has 0 aliphatic carbocycles. The summed E-state index contributed by atoms with van der Waals surface area (Å²) in [7, 11) is 0. The first kappa shape index (κ1) is 12.3. The maximum Gasteiger partial charge on any atom is 0.333 e. The summed E-state index contributed by atoms with van der Waals surface area (Å²) in [6.07, 6.45) is 0.215. The van der Waals surface area contributed by atoms with Gasteiger partial charge in [-0.05, 0) is 35.9 Å². The number of imide groups is 1. The molecule has 0 saturated carbocycles. The number of para-hydroxylation sites is 1. The maximum atomic E-state index is 12.8. The monoisotopic (exact) mass is 270 g/mol. The van der Waals surface area contributed by atoms with Crippen LogP contribution in [0.1, 0.15) is 5.56 Å². The van der Waals surface area contributed by atoms with Gasteiger partial charge in [0.2, 0.25) is 5.91 Å². The highest BCUT2D eigenvalue weighted by molar-refractivity contribution is 6.22. The number of amides is 3. The van der Waals surface area contributed by atoms with Gasteiger partial charge in [0.05, 0.1) is 12.1 Å². The quantitative estimate of drug-likeness (QED) is 0.866. The molecule has 0 spiro atoms. The largest absolute Gasteiger partial charge is 0.333 e. The summed E-state index contributed by atoms with van der Waals surface area (Å²) in [6.45, 7) is 0. The second kappa shape index (κ2) is 4.77. The molecule has 0 bridgehead atoms. The van der Waals surface area contributed by atoms with Crippen LogP contribution in [0.25, 0.3) is 0 Å². The lowest BCUT2D eigenvalue weighted by Crippen LogP contribution is -2.37. The number of benzene rings is 2. The van der Waals surface area contributed by atoms with Gasteiger partial charge in [-0.15, -0.1) is 0 Å². The number of halogens is 1. The van der Waals surface area contributed by atoms with Crippen molar-refractivity contribution in [3.05, 3.63) is 59.9 Å². The number of nitrogens with one attached hydrogen (secondary N) is 1. The van der Waals surface area contributed by atoms with Gasteiger partial charge in [0, 0.05) is 5.69 Å². The first-order valence-electron chi connectivity index (χ1n) is 6.12. The number of fused-ring (bicyclic) bond motifs is 1. The SMILES string of the molecule is O=C1Cc2ccccc2N1C(=O)Nc1ccc(F)cc1. The maximum absolute atomic E-state index is 12.8. The molecular weight excluding hydrogens is 259 g/mol. The summed E-state index contributed by atoms with van der Waals surface area (Å²) in [5.74, 6) is -0.656. The first-order valence-corrected chi connectivity index (χ1v) is 6.12. The van der Waals surface area contributed by atoms with E-state index in [0.29, 0.717) is 11.4 Å². The van der Waals surface area contributed by atoms with E-state index in [-0.39, 0.29) is 18.1 Å². The molecule has 1 aliphatic rings. The number of hydrogen-bond donors (Lipinski definition) is 1. The molecule has 0 radical (unpaired) electrons. The van der Waals surface area contributed by atoms with Crippen LogP contribution >= 0.6 is 0 Å². The third-order valence-electron chi connectivity index (χ3n) is 3.12. The van der Waals surface area contributed by atoms with Gasteiger partial charge in [-0.2, -0.15) is 0 Å². The van der Waals surface area contributed by atoms with Gasteiger partial charge >= 0.3 is 6.03 Å². The van der Waals surface area contributed by atoms with Crippen molar-refractivity contribution >= 4 is 23.3 Å². The summed E-state index contributed by atoms with van der Waals surface area (Å²) in [5.41, 5.74) is 1.86. The second-order valence-electron chi connectivity index (χ2n) is 4.47. The molecule has 0 fully saturated rings. The molecule has 0 atom stereocenters. The molecule has 1 N–H and O–H groups in total. The zero-order valence-corrected chi connectivity index (χ0v) is 10.5. The standard InChI is InChI=1S/C15H11FN2O2/c16-11-5-7-12(8-6-11)17-15(20)18-13-4-2-1-3-10(13)9-14(18)19/h1-8H,9H2,(H,17,20). The van der Waals surface area contributed by atoms with Gasteiger partial charge in [0.15, 0.2) is 0 Å². The van der Waals surface area contributed by atoms with Crippen LogP contribution < -0.4 is 10.2 Å². The van der Waals surface area contributed by atoms with Crippen LogP contribution in [0.4, 0.5) is 20.6 Å². The second-order valence-corrected chi connectivity index (χ2v) is 4.47. The van der Waals surface area contributed by atoms with Gasteiger partial charge in [-0.25, -0.2) is 14.1 Å². The summed E-state index contributed by atoms with van der Waals surface area (Å²) in [4.78, 5) is 25.2. The van der Waals surface area contributed by atoms with E-state index in [0.717, 1.165) is 10.5 Å². The Balaban J connectivity index is 1.84. The number of carbonyl (C=O) groups excluding carboxylic acids is 2. The lowest BCUT2D eigenvalue weighted by atomic mass is 10.2. The molecule has 1 heterocycles. The fourth-order valence-corrected chi connectivity index (χ4v) is 2.19. The highest BCUT2D eigenvalue weighted by Crippen LogP contribution is 2.28. The number of anilines is 2. The zero-order chi connectivity index (χ0) is 14.1. The fraction of sp³-hybridized carbons (Fsp3) is 0.0667. The Hall–Kier alpha value is -2.69. The lowest BCUT2D eigenvalue weighted by Gasteiger charge is -2.16. The Morgan fingerprint density at radius 3 is 2.55 bits per heavy atom. The number of rotatable bonds is 1. The van der Waals surface area contributed by atoms with Crippen LogP contribution in [0.15, 0.2) is 48.5 Å². The Morgan fingerprint density at radius 1 is 1.10 bits per heavy atom. The third kappa shape index (κ3) is 2.14. The third-order valence-corrected chi connectivity index (χ3v) is 3.12. The minimum atomic E-state index is -0.536. The molecule has 5 heteroatoms. The van der Waals surface area contributed by atoms with Crippen LogP contribution in [-0.2, 0) is 11.2 Å². The summed E-state index contributed by atoms with van der Waals surface area (Å²) in [5, 5.41) is 2.58. The lowest BCUT2D eigenvalue weighted by molar-refractivity contribution is -0.116. The van der Waals surface area contributed by atoms with Crippen LogP contribution in [0.5, 0.6) is 0 Å². The van der Waals surface area contributed by atoms with E-state index in [1.165, 1.54) is 24.3 Å². The Labute approximate surface area is 114 Å². The van der Waals surface area contributed by atoms with Crippen molar-refractivity contribution in [3.63, 3.8) is 0 Å². The zero-order valence-electron chi connectivity index (χ0n) is 10.5. The molecule has 100 valence electrons. The van der Waals surface area contributed by atoms with Crippen LogP contribution in [0.2, 0.25) is 0 Å². The molecule has 1 aliphatic heterocycles. The average Bonchev–Trinajstić information content (AvgIpc) is 2.77. The molecule has 3 amide bonds. The Kier molecular flexibility index (Phi) is 2.95. The van der Waals surface area contributed by atoms with Gasteiger partial charge in [0.25, 0.3) is 0 Å². The molecule has 2 aromatic rings. The molecule has 2 aromatic carbocycles. The van der Waals surface area contributed by atoms with Crippen molar-refractivity contribution in [1.29, 1.82) is 0 Å². The summed E-state index contributed by atoms with van der Waals surface area (Å²) >= 11 is 0. The summed E-state index contributed by atoms with van der Waals surface area (Å²) in [6, 6.07) is 12.0. The van der Waals surface area contributed by atoms with Crippen molar-refractivity contribution in [1.82, 2.24) is 0 Å². The van der Waals surface area contributed by atoms with Crippen molar-refractivity contribution in [2.45, 2.75) is 6.42 Å². The Morgan fingerprint density at radius 2 is 1.80 bits per heavy atom. The minimum Gasteiger partial charge on any atom is -0.307 e. The first-order chi connectivity index (χ1) is 9.65. The van der Waals surface area contributed by atoms with E-state index >= 15 is 0 Å². The molecule has 0 saturated heterocycles. The van der Waals surface area contributed by atoms with Crippen LogP contribution in [-0.4, -0.2) is 11.9 Å². The number of nitrogens with zero attached hydrogens (tertiary/aromatic N) is 1. The van der Waals surface area contributed by atoms with Gasteiger partial charge in [0.1, 0.15) is 5.82 Å². The van der Waals surface area contributed by atoms with E-state index in [2.05, 4.69) is 5.32 Å². The van der Waals surface area contributed by atoms with Crippen molar-refractivity contribution < 1.29 is 14.0 Å². The molecule has 3 rings (SSSR count). The van der Waals surface area contributed by atoms with E-state index in [1.54, 1.807) is 12.1 Å². The molecule has 0 aromatic heterocycles. The highest BCUT2D eigenvalue weighted by Gasteiger charge is 2.31.